The van der Waals surface area contributed by atoms with E-state index in [2.05, 4.69) is 18.0 Å². The van der Waals surface area contributed by atoms with Crippen LogP contribution in [-0.4, -0.2) is 23.2 Å². The molecule has 2 aromatic rings. The van der Waals surface area contributed by atoms with Crippen molar-refractivity contribution in [3.8, 4) is 11.3 Å². The number of nitrogens with zero attached hydrogens (tertiary/aromatic N) is 2. The molecule has 1 aromatic heterocycles. The van der Waals surface area contributed by atoms with Gasteiger partial charge in [0.05, 0.1) is 5.69 Å². The Morgan fingerprint density at radius 3 is 2.86 bits per heavy atom. The van der Waals surface area contributed by atoms with E-state index in [1.165, 1.54) is 11.3 Å². The van der Waals surface area contributed by atoms with Gasteiger partial charge in [-0.25, -0.2) is 4.98 Å². The lowest BCUT2D eigenvalue weighted by Gasteiger charge is -2.20. The van der Waals surface area contributed by atoms with Crippen molar-refractivity contribution in [2.45, 2.75) is 33.2 Å². The van der Waals surface area contributed by atoms with Crippen LogP contribution in [-0.2, 0) is 11.2 Å². The molecule has 0 radical (unpaired) electrons. The highest BCUT2D eigenvalue weighted by Crippen LogP contribution is 2.36. The Morgan fingerprint density at radius 2 is 2.24 bits per heavy atom. The largest absolute Gasteiger partial charge is 0.309 e. The summed E-state index contributed by atoms with van der Waals surface area (Å²) in [6, 6.07) is 6.24. The molecule has 1 aromatic carbocycles. The van der Waals surface area contributed by atoms with Gasteiger partial charge in [0.2, 0.25) is 5.91 Å². The molecule has 0 saturated heterocycles. The Bertz CT molecular complexity index is 736. The maximum atomic E-state index is 11.7. The monoisotopic (exact) mass is 300 g/mol. The minimum absolute atomic E-state index is 0.0714. The van der Waals surface area contributed by atoms with Crippen LogP contribution in [0.5, 0.6) is 0 Å². The van der Waals surface area contributed by atoms with Gasteiger partial charge in [0.25, 0.3) is 0 Å². The third kappa shape index (κ3) is 2.27. The second-order valence-corrected chi connectivity index (χ2v) is 6.60. The van der Waals surface area contributed by atoms with Crippen LogP contribution in [0, 0.1) is 6.92 Å². The normalized spacial score (nSPS) is 16.9. The highest BCUT2D eigenvalue weighted by Gasteiger charge is 2.29. The summed E-state index contributed by atoms with van der Waals surface area (Å²) in [6.45, 7) is 5.62. The Labute approximate surface area is 127 Å². The lowest BCUT2D eigenvalue weighted by atomic mass is 10.0. The van der Waals surface area contributed by atoms with E-state index in [0.717, 1.165) is 40.1 Å². The Morgan fingerprint density at radius 1 is 1.48 bits per heavy atom. The average Bonchev–Trinajstić information content (AvgIpc) is 2.96. The number of hydrogen-bond acceptors (Lipinski definition) is 4. The zero-order valence-corrected chi connectivity index (χ0v) is 13.0. The molecule has 0 aliphatic carbocycles. The average molecular weight is 300 g/mol. The fourth-order valence-electron chi connectivity index (χ4n) is 2.99. The minimum Gasteiger partial charge on any atom is -0.309 e. The number of anilines is 1. The third-order valence-electron chi connectivity index (χ3n) is 3.82. The van der Waals surface area contributed by atoms with Crippen LogP contribution in [0.25, 0.3) is 11.3 Å². The van der Waals surface area contributed by atoms with E-state index in [4.69, 9.17) is 0 Å². The smallest absolute Gasteiger partial charge is 0.224 e. The maximum Gasteiger partial charge on any atom is 0.224 e. The quantitative estimate of drug-likeness (QED) is 0.800. The first-order valence-electron chi connectivity index (χ1n) is 6.87. The molecule has 108 valence electrons. The van der Waals surface area contributed by atoms with Crippen LogP contribution in [0.2, 0.25) is 0 Å². The van der Waals surface area contributed by atoms with Crippen molar-refractivity contribution in [3.63, 3.8) is 0 Å². The van der Waals surface area contributed by atoms with Gasteiger partial charge in [-0.2, -0.15) is 0 Å². The summed E-state index contributed by atoms with van der Waals surface area (Å²) < 4.78 is 0. The fraction of sp³-hybridized carbons (Fsp3) is 0.312. The number of thiazole rings is 1. The van der Waals surface area contributed by atoms with Crippen LogP contribution in [0.3, 0.4) is 0 Å². The van der Waals surface area contributed by atoms with E-state index < -0.39 is 0 Å². The molecule has 0 N–H and O–H groups in total. The number of aldehydes is 1. The van der Waals surface area contributed by atoms with Gasteiger partial charge in [-0.15, -0.1) is 11.3 Å². The Balaban J connectivity index is 2.05. The number of carbonyl (C=O) groups excluding carboxylic acids is 2. The molecule has 4 nitrogen and oxygen atoms in total. The van der Waals surface area contributed by atoms with Crippen LogP contribution in [0.1, 0.15) is 34.1 Å². The summed E-state index contributed by atoms with van der Waals surface area (Å²) >= 11 is 1.40. The number of hydrogen-bond donors (Lipinski definition) is 0. The van der Waals surface area contributed by atoms with Crippen molar-refractivity contribution in [1.82, 2.24) is 4.98 Å². The van der Waals surface area contributed by atoms with E-state index in [1.807, 2.05) is 24.0 Å². The first-order valence-corrected chi connectivity index (χ1v) is 7.68. The van der Waals surface area contributed by atoms with Crippen molar-refractivity contribution < 1.29 is 9.59 Å². The van der Waals surface area contributed by atoms with Crippen molar-refractivity contribution in [3.05, 3.63) is 33.6 Å². The maximum absolute atomic E-state index is 11.7. The van der Waals surface area contributed by atoms with Crippen molar-refractivity contribution >= 4 is 29.2 Å². The summed E-state index contributed by atoms with van der Waals surface area (Å²) in [4.78, 5) is 29.8. The number of amides is 1. The number of carbonyl (C=O) groups is 2. The molecule has 3 rings (SSSR count). The first kappa shape index (κ1) is 13.9. The molecule has 1 aliphatic heterocycles. The molecule has 21 heavy (non-hydrogen) atoms. The zero-order valence-electron chi connectivity index (χ0n) is 12.2. The zero-order chi connectivity index (χ0) is 15.1. The number of fused-ring (bicyclic) bond motifs is 1. The van der Waals surface area contributed by atoms with Crippen molar-refractivity contribution in [1.29, 1.82) is 0 Å². The van der Waals surface area contributed by atoms with Gasteiger partial charge in [0, 0.05) is 29.1 Å². The number of benzene rings is 1. The summed E-state index contributed by atoms with van der Waals surface area (Å²) in [5, 5.41) is 0.502. The first-order chi connectivity index (χ1) is 10.0. The molecule has 1 unspecified atom stereocenters. The van der Waals surface area contributed by atoms with Gasteiger partial charge in [0.1, 0.15) is 0 Å². The van der Waals surface area contributed by atoms with Gasteiger partial charge in [-0.3, -0.25) is 9.59 Å². The van der Waals surface area contributed by atoms with Gasteiger partial charge in [-0.1, -0.05) is 6.07 Å². The SMILES string of the molecule is CC(=O)N1c2ccc(-c3nc(C=O)sc3C)cc2CC1C. The molecule has 5 heteroatoms. The van der Waals surface area contributed by atoms with E-state index in [1.54, 1.807) is 6.92 Å². The van der Waals surface area contributed by atoms with E-state index in [0.29, 0.717) is 5.01 Å². The molecular weight excluding hydrogens is 284 g/mol. The Kier molecular flexibility index (Phi) is 3.37. The molecule has 1 atom stereocenters. The van der Waals surface area contributed by atoms with Crippen LogP contribution < -0.4 is 4.90 Å². The molecule has 0 saturated carbocycles. The summed E-state index contributed by atoms with van der Waals surface area (Å²) in [5.41, 5.74) is 4.02. The van der Waals surface area contributed by atoms with Gasteiger partial charge in [0.15, 0.2) is 11.3 Å². The second kappa shape index (κ2) is 5.07. The molecule has 0 fully saturated rings. The molecule has 0 spiro atoms. The third-order valence-corrected chi connectivity index (χ3v) is 4.72. The second-order valence-electron chi connectivity index (χ2n) is 5.36. The summed E-state index contributed by atoms with van der Waals surface area (Å²) in [5.74, 6) is 0.0714. The van der Waals surface area contributed by atoms with Gasteiger partial charge >= 0.3 is 0 Å². The lowest BCUT2D eigenvalue weighted by Crippen LogP contribution is -2.33. The standard InChI is InChI=1S/C16H16N2O2S/c1-9-6-13-7-12(4-5-14(13)18(9)11(3)20)16-10(2)21-15(8-19)17-16/h4-5,7-9H,6H2,1-3H3. The van der Waals surface area contributed by atoms with Crippen molar-refractivity contribution in [2.75, 3.05) is 4.90 Å². The summed E-state index contributed by atoms with van der Waals surface area (Å²) in [6.07, 6.45) is 1.64. The van der Waals surface area contributed by atoms with E-state index in [-0.39, 0.29) is 11.9 Å². The fourth-order valence-corrected chi connectivity index (χ4v) is 3.75. The van der Waals surface area contributed by atoms with Gasteiger partial charge in [-0.05, 0) is 38.0 Å². The number of aromatic nitrogens is 1. The lowest BCUT2D eigenvalue weighted by molar-refractivity contribution is -0.116. The Hall–Kier alpha value is -2.01. The van der Waals surface area contributed by atoms with Gasteiger partial charge < -0.3 is 4.90 Å². The number of aryl methyl sites for hydroxylation is 1. The van der Waals surface area contributed by atoms with Crippen LogP contribution >= 0.6 is 11.3 Å². The predicted molar refractivity (Wildman–Crippen MR) is 84.0 cm³/mol. The predicted octanol–water partition coefficient (Wildman–Crippen LogP) is 3.23. The van der Waals surface area contributed by atoms with E-state index in [9.17, 15) is 9.59 Å². The topological polar surface area (TPSA) is 50.3 Å². The van der Waals surface area contributed by atoms with Crippen molar-refractivity contribution in [2.24, 2.45) is 0 Å². The molecule has 1 aliphatic rings. The highest BCUT2D eigenvalue weighted by molar-refractivity contribution is 7.13. The molecule has 2 heterocycles. The summed E-state index contributed by atoms with van der Waals surface area (Å²) in [7, 11) is 0. The van der Waals surface area contributed by atoms with Crippen LogP contribution in [0.4, 0.5) is 5.69 Å². The highest BCUT2D eigenvalue weighted by atomic mass is 32.1. The molecule has 1 amide bonds. The molecule has 0 bridgehead atoms. The van der Waals surface area contributed by atoms with Crippen LogP contribution in [0.15, 0.2) is 18.2 Å². The molecular formula is C16H16N2O2S. The minimum atomic E-state index is 0.0714. The van der Waals surface area contributed by atoms with E-state index >= 15 is 0 Å². The number of rotatable bonds is 2.